The second-order valence-electron chi connectivity index (χ2n) is 4.31. The van der Waals surface area contributed by atoms with Gasteiger partial charge >= 0.3 is 0 Å². The average molecular weight is 261 g/mol. The maximum atomic E-state index is 12.0. The highest BCUT2D eigenvalue weighted by Crippen LogP contribution is 2.27. The van der Waals surface area contributed by atoms with Crippen LogP contribution in [0.15, 0.2) is 16.8 Å². The number of carbonyl (C=O) groups excluding carboxylic acids is 1. The van der Waals surface area contributed by atoms with Gasteiger partial charge in [-0.2, -0.15) is 11.3 Å². The van der Waals surface area contributed by atoms with Crippen LogP contribution in [-0.2, 0) is 4.79 Å². The van der Waals surface area contributed by atoms with Crippen LogP contribution < -0.4 is 10.6 Å². The molecule has 3 nitrogen and oxygen atoms in total. The number of carbonyl (C=O) groups is 1. The van der Waals surface area contributed by atoms with Crippen molar-refractivity contribution in [3.8, 4) is 0 Å². The van der Waals surface area contributed by atoms with E-state index in [9.17, 15) is 4.79 Å². The van der Waals surface area contributed by atoms with Gasteiger partial charge in [0.25, 0.3) is 0 Å². The molecule has 16 heavy (non-hydrogen) atoms. The predicted molar refractivity (Wildman–Crippen MR) is 70.4 cm³/mol. The van der Waals surface area contributed by atoms with Gasteiger partial charge < -0.3 is 10.6 Å². The highest BCUT2D eigenvalue weighted by atomic mass is 35.5. The van der Waals surface area contributed by atoms with Crippen LogP contribution in [0.2, 0.25) is 0 Å². The Morgan fingerprint density at radius 3 is 3.00 bits per heavy atom. The third kappa shape index (κ3) is 2.97. The molecular weight excluding hydrogens is 244 g/mol. The Labute approximate surface area is 106 Å². The van der Waals surface area contributed by atoms with Crippen LogP contribution in [0.5, 0.6) is 0 Å². The van der Waals surface area contributed by atoms with E-state index in [1.807, 2.05) is 23.8 Å². The molecule has 0 aliphatic carbocycles. The van der Waals surface area contributed by atoms with Gasteiger partial charge in [-0.3, -0.25) is 4.79 Å². The predicted octanol–water partition coefficient (Wildman–Crippen LogP) is 2.50. The van der Waals surface area contributed by atoms with Crippen molar-refractivity contribution in [2.75, 3.05) is 18.4 Å². The topological polar surface area (TPSA) is 41.1 Å². The molecule has 1 aliphatic heterocycles. The molecule has 1 atom stereocenters. The molecule has 1 aromatic heterocycles. The number of hydrogen-bond donors (Lipinski definition) is 2. The lowest BCUT2D eigenvalue weighted by molar-refractivity contribution is -0.125. The smallest absolute Gasteiger partial charge is 0.231 e. The largest absolute Gasteiger partial charge is 0.325 e. The zero-order chi connectivity index (χ0) is 10.7. The quantitative estimate of drug-likeness (QED) is 0.858. The van der Waals surface area contributed by atoms with E-state index in [2.05, 4.69) is 10.6 Å². The first-order chi connectivity index (χ1) is 7.21. The number of amides is 1. The standard InChI is InChI=1S/C11H16N2OS.ClH/c1-11(4-2-5-12-8-11)10(14)13-9-3-6-15-7-9;/h3,6-7,12H,2,4-5,8H2,1H3,(H,13,14);1H. The number of nitrogens with one attached hydrogen (secondary N) is 2. The molecule has 0 aromatic carbocycles. The summed E-state index contributed by atoms with van der Waals surface area (Å²) in [5.74, 6) is 0.133. The van der Waals surface area contributed by atoms with E-state index in [1.165, 1.54) is 0 Å². The number of halogens is 1. The van der Waals surface area contributed by atoms with Gasteiger partial charge in [0.2, 0.25) is 5.91 Å². The van der Waals surface area contributed by atoms with Crippen LogP contribution in [0.3, 0.4) is 0 Å². The summed E-state index contributed by atoms with van der Waals surface area (Å²) in [4.78, 5) is 12.0. The Morgan fingerprint density at radius 1 is 1.62 bits per heavy atom. The van der Waals surface area contributed by atoms with E-state index in [0.717, 1.165) is 31.6 Å². The van der Waals surface area contributed by atoms with Gasteiger partial charge in [-0.1, -0.05) is 0 Å². The van der Waals surface area contributed by atoms with Gasteiger partial charge in [0, 0.05) is 11.9 Å². The molecule has 0 radical (unpaired) electrons. The molecular formula is C11H17ClN2OS. The summed E-state index contributed by atoms with van der Waals surface area (Å²) in [6.45, 7) is 3.84. The summed E-state index contributed by atoms with van der Waals surface area (Å²) >= 11 is 1.60. The molecule has 5 heteroatoms. The van der Waals surface area contributed by atoms with Crippen molar-refractivity contribution in [3.63, 3.8) is 0 Å². The Bertz CT molecular complexity index is 334. The van der Waals surface area contributed by atoms with Crippen LogP contribution in [0.1, 0.15) is 19.8 Å². The molecule has 2 rings (SSSR count). The Balaban J connectivity index is 0.00000128. The third-order valence-corrected chi connectivity index (χ3v) is 3.61. The molecule has 2 N–H and O–H groups in total. The van der Waals surface area contributed by atoms with E-state index in [4.69, 9.17) is 0 Å². The lowest BCUT2D eigenvalue weighted by Crippen LogP contribution is -2.45. The van der Waals surface area contributed by atoms with Crippen LogP contribution in [0.4, 0.5) is 5.69 Å². The fourth-order valence-electron chi connectivity index (χ4n) is 1.87. The molecule has 0 spiro atoms. The lowest BCUT2D eigenvalue weighted by atomic mass is 9.82. The van der Waals surface area contributed by atoms with E-state index in [1.54, 1.807) is 11.3 Å². The van der Waals surface area contributed by atoms with Crippen molar-refractivity contribution in [1.82, 2.24) is 5.32 Å². The summed E-state index contributed by atoms with van der Waals surface area (Å²) in [7, 11) is 0. The maximum absolute atomic E-state index is 12.0. The van der Waals surface area contributed by atoms with Crippen LogP contribution in [0, 0.1) is 5.41 Å². The summed E-state index contributed by atoms with van der Waals surface area (Å²) in [5, 5.41) is 10.2. The van der Waals surface area contributed by atoms with E-state index in [0.29, 0.717) is 0 Å². The van der Waals surface area contributed by atoms with Crippen LogP contribution in [-0.4, -0.2) is 19.0 Å². The number of hydrogen-bond acceptors (Lipinski definition) is 3. The summed E-state index contributed by atoms with van der Waals surface area (Å²) in [6.07, 6.45) is 2.05. The SMILES string of the molecule is CC1(C(=O)Nc2ccsc2)CCCNC1.Cl. The average Bonchev–Trinajstić information content (AvgIpc) is 2.71. The van der Waals surface area contributed by atoms with Gasteiger partial charge in [-0.25, -0.2) is 0 Å². The van der Waals surface area contributed by atoms with Gasteiger partial charge in [0.05, 0.1) is 11.1 Å². The van der Waals surface area contributed by atoms with E-state index < -0.39 is 0 Å². The third-order valence-electron chi connectivity index (χ3n) is 2.92. The molecule has 0 bridgehead atoms. The Hall–Kier alpha value is -0.580. The molecule has 1 fully saturated rings. The molecule has 1 amide bonds. The normalized spacial score (nSPS) is 24.6. The zero-order valence-corrected chi connectivity index (χ0v) is 10.9. The first-order valence-corrected chi connectivity index (χ1v) is 6.19. The van der Waals surface area contributed by atoms with Crippen LogP contribution in [0.25, 0.3) is 0 Å². The van der Waals surface area contributed by atoms with Crippen LogP contribution >= 0.6 is 23.7 Å². The fraction of sp³-hybridized carbons (Fsp3) is 0.545. The van der Waals surface area contributed by atoms with Gasteiger partial charge in [0.1, 0.15) is 0 Å². The van der Waals surface area contributed by atoms with Crippen molar-refractivity contribution in [3.05, 3.63) is 16.8 Å². The van der Waals surface area contributed by atoms with E-state index in [-0.39, 0.29) is 23.7 Å². The van der Waals surface area contributed by atoms with Crippen molar-refractivity contribution in [2.24, 2.45) is 5.41 Å². The molecule has 90 valence electrons. The number of piperidine rings is 1. The first-order valence-electron chi connectivity index (χ1n) is 5.25. The van der Waals surface area contributed by atoms with E-state index >= 15 is 0 Å². The maximum Gasteiger partial charge on any atom is 0.231 e. The second kappa shape index (κ2) is 5.66. The Kier molecular flexibility index (Phi) is 4.77. The lowest BCUT2D eigenvalue weighted by Gasteiger charge is -2.32. The number of thiophene rings is 1. The minimum Gasteiger partial charge on any atom is -0.325 e. The highest BCUT2D eigenvalue weighted by Gasteiger charge is 2.34. The summed E-state index contributed by atoms with van der Waals surface area (Å²) < 4.78 is 0. The molecule has 1 aromatic rings. The fourth-order valence-corrected chi connectivity index (χ4v) is 2.46. The van der Waals surface area contributed by atoms with Crippen molar-refractivity contribution in [2.45, 2.75) is 19.8 Å². The molecule has 1 unspecified atom stereocenters. The van der Waals surface area contributed by atoms with Crippen molar-refractivity contribution in [1.29, 1.82) is 0 Å². The molecule has 1 aliphatic rings. The second-order valence-corrected chi connectivity index (χ2v) is 5.09. The minimum absolute atomic E-state index is 0. The molecule has 0 saturated carbocycles. The minimum atomic E-state index is -0.250. The first kappa shape index (κ1) is 13.5. The number of anilines is 1. The molecule has 2 heterocycles. The van der Waals surface area contributed by atoms with Gasteiger partial charge in [0.15, 0.2) is 0 Å². The monoisotopic (exact) mass is 260 g/mol. The Morgan fingerprint density at radius 2 is 2.44 bits per heavy atom. The highest BCUT2D eigenvalue weighted by molar-refractivity contribution is 7.08. The van der Waals surface area contributed by atoms with Crippen molar-refractivity contribution < 1.29 is 4.79 Å². The molecule has 1 saturated heterocycles. The van der Waals surface area contributed by atoms with Crippen molar-refractivity contribution >= 4 is 35.3 Å². The van der Waals surface area contributed by atoms with Gasteiger partial charge in [-0.15, -0.1) is 12.4 Å². The summed E-state index contributed by atoms with van der Waals surface area (Å²) in [6, 6.07) is 1.93. The summed E-state index contributed by atoms with van der Waals surface area (Å²) in [5.41, 5.74) is 0.664. The zero-order valence-electron chi connectivity index (χ0n) is 9.29. The number of rotatable bonds is 2. The van der Waals surface area contributed by atoms with Gasteiger partial charge in [-0.05, 0) is 37.8 Å².